The van der Waals surface area contributed by atoms with Crippen molar-refractivity contribution >= 4 is 165 Å². The molecule has 0 bridgehead atoms. The maximum atomic E-state index is 2.37. The summed E-state index contributed by atoms with van der Waals surface area (Å²) in [4.78, 5) is 13.9. The SMILES string of the molecule is c1ccc(N(c2ccccc2)c2ccc(-c3ccc4sc5ccc(N(c6ccccc6)c6ccc(N(c7ccccc7)c7ccccc7)cc6)cc5c4c3)cc2)cc1.c1ccc(N(c2ccccc2)c2ccc(-c3ccc4sc5ccc(N(c6ccccc6)c6cccc(N(c7ccccc7)c7ccccc7)c6)cc5c4c3)cc2)cc1. The number of hydrogen-bond acceptors (Lipinski definition) is 8. The summed E-state index contributed by atoms with van der Waals surface area (Å²) in [6, 6.07) is 169. The second-order valence-corrected chi connectivity index (χ2v) is 30.7. The summed E-state index contributed by atoms with van der Waals surface area (Å²) in [6.07, 6.45) is 0. The summed E-state index contributed by atoms with van der Waals surface area (Å²) >= 11 is 3.70. The molecule has 2 aromatic heterocycles. The first-order valence-electron chi connectivity index (χ1n) is 39.2. The molecule has 20 rings (SSSR count). The molecule has 0 atom stereocenters. The van der Waals surface area contributed by atoms with Crippen molar-refractivity contribution in [3.8, 4) is 22.3 Å². The molecule has 18 aromatic carbocycles. The molecule has 0 saturated carbocycles. The van der Waals surface area contributed by atoms with Crippen molar-refractivity contribution in [3.05, 3.63) is 473 Å². The lowest BCUT2D eigenvalue weighted by Gasteiger charge is -2.29. The van der Waals surface area contributed by atoms with E-state index in [4.69, 9.17) is 0 Å². The molecule has 0 fully saturated rings. The van der Waals surface area contributed by atoms with E-state index in [9.17, 15) is 0 Å². The summed E-state index contributed by atoms with van der Waals surface area (Å²) in [5.74, 6) is 0. The third kappa shape index (κ3) is 14.9. The molecule has 0 saturated heterocycles. The first-order chi connectivity index (χ1) is 57.5. The average Bonchev–Trinajstić information content (AvgIpc) is 1.60. The van der Waals surface area contributed by atoms with Gasteiger partial charge in [0.2, 0.25) is 0 Å². The molecular weight excluding hydrogens is 1450 g/mol. The average molecular weight is 1520 g/mol. The van der Waals surface area contributed by atoms with E-state index in [1.165, 1.54) is 62.6 Å². The topological polar surface area (TPSA) is 19.4 Å². The first-order valence-corrected chi connectivity index (χ1v) is 40.8. The Morgan fingerprint density at radius 2 is 0.267 bits per heavy atom. The smallest absolute Gasteiger partial charge is 0.0482 e. The molecule has 0 amide bonds. The van der Waals surface area contributed by atoms with Gasteiger partial charge in [0, 0.05) is 143 Å². The molecule has 6 nitrogen and oxygen atoms in total. The van der Waals surface area contributed by atoms with Gasteiger partial charge in [0.15, 0.2) is 0 Å². The van der Waals surface area contributed by atoms with Gasteiger partial charge in [-0.1, -0.05) is 224 Å². The van der Waals surface area contributed by atoms with E-state index in [2.05, 4.69) is 503 Å². The summed E-state index contributed by atoms with van der Waals surface area (Å²) in [5.41, 5.74) is 24.8. The van der Waals surface area contributed by atoms with Gasteiger partial charge < -0.3 is 29.4 Å². The normalized spacial score (nSPS) is 11.1. The predicted octanol–water partition coefficient (Wildman–Crippen LogP) is 32.3. The fraction of sp³-hybridized carbons (Fsp3) is 0. The monoisotopic (exact) mass is 1520 g/mol. The number of hydrogen-bond donors (Lipinski definition) is 0. The molecule has 0 unspecified atom stereocenters. The van der Waals surface area contributed by atoms with Crippen LogP contribution in [0.2, 0.25) is 0 Å². The number of nitrogens with zero attached hydrogens (tertiary/aromatic N) is 6. The lowest BCUT2D eigenvalue weighted by molar-refractivity contribution is 1.25. The van der Waals surface area contributed by atoms with Crippen LogP contribution in [0.4, 0.5) is 102 Å². The van der Waals surface area contributed by atoms with E-state index in [1.54, 1.807) is 0 Å². The van der Waals surface area contributed by atoms with Gasteiger partial charge in [0.05, 0.1) is 0 Å². The maximum absolute atomic E-state index is 2.37. The van der Waals surface area contributed by atoms with E-state index in [0.717, 1.165) is 102 Å². The Hall–Kier alpha value is -14.8. The fourth-order valence-corrected chi connectivity index (χ4v) is 17.9. The van der Waals surface area contributed by atoms with Crippen molar-refractivity contribution in [1.82, 2.24) is 0 Å². The van der Waals surface area contributed by atoms with Crippen LogP contribution in [0, 0.1) is 0 Å². The van der Waals surface area contributed by atoms with Crippen LogP contribution in [0.1, 0.15) is 0 Å². The molecule has 0 aliphatic rings. The molecule has 0 N–H and O–H groups in total. The number of rotatable bonds is 20. The molecule has 20 aromatic rings. The highest BCUT2D eigenvalue weighted by atomic mass is 32.1. The second kappa shape index (κ2) is 32.9. The van der Waals surface area contributed by atoms with Gasteiger partial charge in [-0.05, 0) is 271 Å². The van der Waals surface area contributed by atoms with Crippen molar-refractivity contribution in [1.29, 1.82) is 0 Å². The third-order valence-corrected chi connectivity index (χ3v) is 23.5. The molecule has 8 heteroatoms. The molecule has 2 heterocycles. The third-order valence-electron chi connectivity index (χ3n) is 21.2. The minimum Gasteiger partial charge on any atom is -0.311 e. The minimum absolute atomic E-state index is 1.08. The number of anilines is 18. The number of benzene rings is 18. The quantitative estimate of drug-likeness (QED) is 0.0752. The van der Waals surface area contributed by atoms with E-state index in [1.807, 2.05) is 22.7 Å². The molecule has 0 aliphatic carbocycles. The molecule has 116 heavy (non-hydrogen) atoms. The van der Waals surface area contributed by atoms with Crippen LogP contribution in [0.5, 0.6) is 0 Å². The number of para-hydroxylation sites is 10. The summed E-state index contributed by atoms with van der Waals surface area (Å²) < 4.78 is 5.11. The predicted molar refractivity (Wildman–Crippen MR) is 498 cm³/mol. The molecular formula is C108H78N6S2. The van der Waals surface area contributed by atoms with Crippen LogP contribution in [0.3, 0.4) is 0 Å². The minimum atomic E-state index is 1.08. The highest BCUT2D eigenvalue weighted by Crippen LogP contribution is 2.48. The van der Waals surface area contributed by atoms with Crippen molar-refractivity contribution < 1.29 is 0 Å². The Labute approximate surface area is 685 Å². The summed E-state index contributed by atoms with van der Waals surface area (Å²) in [5, 5.41) is 5.04. The first kappa shape index (κ1) is 71.5. The lowest BCUT2D eigenvalue weighted by Crippen LogP contribution is -2.13. The molecule has 0 radical (unpaired) electrons. The highest BCUT2D eigenvalue weighted by Gasteiger charge is 2.23. The zero-order valence-electron chi connectivity index (χ0n) is 63.5. The summed E-state index contributed by atoms with van der Waals surface area (Å²) in [6.45, 7) is 0. The van der Waals surface area contributed by atoms with E-state index >= 15 is 0 Å². The molecule has 0 aliphatic heterocycles. The van der Waals surface area contributed by atoms with E-state index in [-0.39, 0.29) is 0 Å². The standard InChI is InChI=1S/2C54H39N3S/c1-6-17-42(18-7-1)55(43-19-8-2-9-20-43)47-32-29-40(30-33-47)41-31-35-53-51(37-41)52-39-50(34-36-54(52)58-53)57(46-25-14-5-15-26-46)49-28-16-27-48(38-49)56(44-21-10-3-11-22-44)45-23-12-4-13-24-45;1-6-16-42(17-7-1)55(43-18-8-2-9-19-43)47-29-26-40(27-30-47)41-28-36-53-51(38-41)52-39-50(35-37-54(52)58-53)57(46-24-14-5-15-25-46)49-33-31-48(32-34-49)56(44-20-10-3-11-21-44)45-22-12-4-13-23-45/h2*1-39H. The van der Waals surface area contributed by atoms with Gasteiger partial charge in [-0.15, -0.1) is 22.7 Å². The van der Waals surface area contributed by atoms with Crippen LogP contribution < -0.4 is 29.4 Å². The molecule has 552 valence electrons. The van der Waals surface area contributed by atoms with Gasteiger partial charge in [-0.25, -0.2) is 0 Å². The Morgan fingerprint density at radius 3 is 0.509 bits per heavy atom. The second-order valence-electron chi connectivity index (χ2n) is 28.5. The number of thiophene rings is 2. The molecule has 0 spiro atoms. The van der Waals surface area contributed by atoms with Crippen molar-refractivity contribution in [2.75, 3.05) is 29.4 Å². The highest BCUT2D eigenvalue weighted by molar-refractivity contribution is 7.26. The van der Waals surface area contributed by atoms with Crippen molar-refractivity contribution in [3.63, 3.8) is 0 Å². The van der Waals surface area contributed by atoms with Gasteiger partial charge in [-0.3, -0.25) is 0 Å². The number of fused-ring (bicyclic) bond motifs is 6. The van der Waals surface area contributed by atoms with Crippen LogP contribution in [0.25, 0.3) is 62.6 Å². The lowest BCUT2D eigenvalue weighted by atomic mass is 10.0. The zero-order chi connectivity index (χ0) is 77.4. The van der Waals surface area contributed by atoms with Crippen LogP contribution >= 0.6 is 22.7 Å². The summed E-state index contributed by atoms with van der Waals surface area (Å²) in [7, 11) is 0. The van der Waals surface area contributed by atoms with E-state index in [0.29, 0.717) is 0 Å². The van der Waals surface area contributed by atoms with Crippen LogP contribution in [-0.2, 0) is 0 Å². The Kier molecular flexibility index (Phi) is 20.3. The van der Waals surface area contributed by atoms with Gasteiger partial charge in [0.1, 0.15) is 0 Å². The zero-order valence-corrected chi connectivity index (χ0v) is 65.2. The Bertz CT molecular complexity index is 6510. The van der Waals surface area contributed by atoms with E-state index < -0.39 is 0 Å². The van der Waals surface area contributed by atoms with Gasteiger partial charge >= 0.3 is 0 Å². The largest absolute Gasteiger partial charge is 0.311 e. The van der Waals surface area contributed by atoms with Gasteiger partial charge in [-0.2, -0.15) is 0 Å². The Balaban J connectivity index is 0.000000155. The van der Waals surface area contributed by atoms with Crippen LogP contribution in [-0.4, -0.2) is 0 Å². The van der Waals surface area contributed by atoms with Crippen LogP contribution in [0.15, 0.2) is 473 Å². The Morgan fingerprint density at radius 1 is 0.112 bits per heavy atom. The van der Waals surface area contributed by atoms with Crippen molar-refractivity contribution in [2.45, 2.75) is 0 Å². The van der Waals surface area contributed by atoms with Gasteiger partial charge in [0.25, 0.3) is 0 Å². The van der Waals surface area contributed by atoms with Crippen molar-refractivity contribution in [2.24, 2.45) is 0 Å². The maximum Gasteiger partial charge on any atom is 0.0482 e. The fourth-order valence-electron chi connectivity index (χ4n) is 15.7.